The van der Waals surface area contributed by atoms with Crippen molar-refractivity contribution in [3.63, 3.8) is 0 Å². The van der Waals surface area contributed by atoms with E-state index in [0.29, 0.717) is 36.6 Å². The summed E-state index contributed by atoms with van der Waals surface area (Å²) in [7, 11) is 3.11. The van der Waals surface area contributed by atoms with Gasteiger partial charge in [0.1, 0.15) is 17.3 Å². The Morgan fingerprint density at radius 2 is 1.72 bits per heavy atom. The number of hydrogen-bond donors (Lipinski definition) is 2. The van der Waals surface area contributed by atoms with E-state index in [1.807, 2.05) is 36.4 Å². The molecular weight excluding hydrogens is 460 g/mol. The van der Waals surface area contributed by atoms with Crippen LogP contribution in [0.2, 0.25) is 0 Å². The fraction of sp³-hybridized carbons (Fsp3) is 0.370. The molecule has 1 amide bonds. The largest absolute Gasteiger partial charge is 0.493 e. The lowest BCUT2D eigenvalue weighted by atomic mass is 9.95. The Hall–Kier alpha value is -4.01. The van der Waals surface area contributed by atoms with Crippen molar-refractivity contribution in [1.29, 1.82) is 0 Å². The number of aromatic amines is 1. The fourth-order valence-corrected chi connectivity index (χ4v) is 3.98. The van der Waals surface area contributed by atoms with Crippen molar-refractivity contribution in [2.45, 2.75) is 45.6 Å². The first-order chi connectivity index (χ1) is 17.3. The average Bonchev–Trinajstić information content (AvgIpc) is 2.86. The molecule has 0 aliphatic rings. The van der Waals surface area contributed by atoms with Crippen molar-refractivity contribution in [2.24, 2.45) is 5.92 Å². The summed E-state index contributed by atoms with van der Waals surface area (Å²) < 4.78 is 10.6. The Labute approximate surface area is 210 Å². The maximum Gasteiger partial charge on any atom is 0.275 e. The number of hydrogen-bond acceptors (Lipinski definition) is 7. The van der Waals surface area contributed by atoms with E-state index in [1.54, 1.807) is 33.3 Å². The van der Waals surface area contributed by atoms with Gasteiger partial charge in [0.15, 0.2) is 11.5 Å². The lowest BCUT2D eigenvalue weighted by Crippen LogP contribution is -2.38. The van der Waals surface area contributed by atoms with Crippen LogP contribution in [-0.2, 0) is 22.4 Å². The predicted octanol–water partition coefficient (Wildman–Crippen LogP) is 3.18. The molecule has 9 heteroatoms. The molecule has 2 atom stereocenters. The third kappa shape index (κ3) is 7.00. The van der Waals surface area contributed by atoms with E-state index in [-0.39, 0.29) is 11.5 Å². The monoisotopic (exact) mass is 492 g/mol. The van der Waals surface area contributed by atoms with Crippen LogP contribution >= 0.6 is 0 Å². The molecule has 0 bridgehead atoms. The molecule has 0 saturated carbocycles. The first kappa shape index (κ1) is 26.6. The van der Waals surface area contributed by atoms with Gasteiger partial charge in [0, 0.05) is 6.42 Å². The van der Waals surface area contributed by atoms with Gasteiger partial charge in [-0.15, -0.1) is 10.2 Å². The van der Waals surface area contributed by atoms with Gasteiger partial charge in [-0.25, -0.2) is 0 Å². The SMILES string of the molecule is COc1ccc(Cc2nnc([C@@H](C)NC(=O)[C@@H](CCCc3ccccc3)C(C)=O)c(=O)[nH]2)cc1OC. The Morgan fingerprint density at radius 3 is 2.36 bits per heavy atom. The zero-order valence-corrected chi connectivity index (χ0v) is 21.0. The predicted molar refractivity (Wildman–Crippen MR) is 135 cm³/mol. The fourth-order valence-electron chi connectivity index (χ4n) is 3.98. The summed E-state index contributed by atoms with van der Waals surface area (Å²) in [5, 5.41) is 10.9. The zero-order valence-electron chi connectivity index (χ0n) is 21.0. The maximum atomic E-state index is 12.8. The Balaban J connectivity index is 1.62. The number of benzene rings is 2. The lowest BCUT2D eigenvalue weighted by molar-refractivity contribution is -0.133. The Bertz CT molecular complexity index is 1240. The molecule has 0 aliphatic heterocycles. The number of ether oxygens (including phenoxy) is 2. The van der Waals surface area contributed by atoms with Crippen molar-refractivity contribution in [3.05, 3.63) is 81.5 Å². The summed E-state index contributed by atoms with van der Waals surface area (Å²) in [6.07, 6.45) is 2.23. The highest BCUT2D eigenvalue weighted by molar-refractivity contribution is 6.00. The minimum Gasteiger partial charge on any atom is -0.493 e. The molecule has 3 aromatic rings. The molecule has 1 heterocycles. The summed E-state index contributed by atoms with van der Waals surface area (Å²) in [5.74, 6) is 0.132. The average molecular weight is 493 g/mol. The molecule has 36 heavy (non-hydrogen) atoms. The van der Waals surface area contributed by atoms with Crippen LogP contribution in [0.15, 0.2) is 53.3 Å². The van der Waals surface area contributed by atoms with Gasteiger partial charge < -0.3 is 19.8 Å². The van der Waals surface area contributed by atoms with Crippen molar-refractivity contribution < 1.29 is 19.1 Å². The summed E-state index contributed by atoms with van der Waals surface area (Å²) in [4.78, 5) is 40.4. The molecule has 1 aromatic heterocycles. The number of nitrogens with one attached hydrogen (secondary N) is 2. The molecule has 3 rings (SSSR count). The number of carbonyl (C=O) groups is 2. The molecule has 0 aliphatic carbocycles. The number of H-pyrrole nitrogens is 1. The van der Waals surface area contributed by atoms with E-state index in [0.717, 1.165) is 17.5 Å². The number of methoxy groups -OCH3 is 2. The van der Waals surface area contributed by atoms with Gasteiger partial charge in [0.05, 0.1) is 26.2 Å². The second-order valence-corrected chi connectivity index (χ2v) is 8.62. The van der Waals surface area contributed by atoms with Crippen LogP contribution < -0.4 is 20.3 Å². The van der Waals surface area contributed by atoms with Gasteiger partial charge in [0.2, 0.25) is 5.91 Å². The first-order valence-electron chi connectivity index (χ1n) is 11.8. The topological polar surface area (TPSA) is 123 Å². The normalized spacial score (nSPS) is 12.4. The zero-order chi connectivity index (χ0) is 26.1. The highest BCUT2D eigenvalue weighted by Crippen LogP contribution is 2.28. The van der Waals surface area contributed by atoms with Crippen molar-refractivity contribution >= 4 is 11.7 Å². The van der Waals surface area contributed by atoms with Crippen LogP contribution in [-0.4, -0.2) is 41.1 Å². The van der Waals surface area contributed by atoms with E-state index in [2.05, 4.69) is 20.5 Å². The number of carbonyl (C=O) groups excluding carboxylic acids is 2. The lowest BCUT2D eigenvalue weighted by Gasteiger charge is -2.18. The maximum absolute atomic E-state index is 12.8. The number of rotatable bonds is 12. The molecule has 0 fully saturated rings. The van der Waals surface area contributed by atoms with Crippen LogP contribution in [0, 0.1) is 5.92 Å². The van der Waals surface area contributed by atoms with E-state index in [9.17, 15) is 14.4 Å². The number of nitrogens with zero attached hydrogens (tertiary/aromatic N) is 2. The molecule has 2 N–H and O–H groups in total. The molecule has 0 saturated heterocycles. The van der Waals surface area contributed by atoms with Gasteiger partial charge in [-0.05, 0) is 56.4 Å². The highest BCUT2D eigenvalue weighted by Gasteiger charge is 2.26. The van der Waals surface area contributed by atoms with Gasteiger partial charge in [-0.2, -0.15) is 0 Å². The molecular formula is C27H32N4O5. The number of aryl methyl sites for hydroxylation is 1. The second kappa shape index (κ2) is 12.6. The Morgan fingerprint density at radius 1 is 1.00 bits per heavy atom. The van der Waals surface area contributed by atoms with Gasteiger partial charge in [0.25, 0.3) is 5.56 Å². The first-order valence-corrected chi connectivity index (χ1v) is 11.8. The minimum absolute atomic E-state index is 0.0750. The number of Topliss-reactive ketones (excluding diaryl/α,β-unsaturated/α-hetero) is 1. The number of amides is 1. The molecule has 0 radical (unpaired) electrons. The van der Waals surface area contributed by atoms with Crippen LogP contribution in [0.5, 0.6) is 11.5 Å². The highest BCUT2D eigenvalue weighted by atomic mass is 16.5. The number of ketones is 1. The van der Waals surface area contributed by atoms with Crippen molar-refractivity contribution in [1.82, 2.24) is 20.5 Å². The summed E-state index contributed by atoms with van der Waals surface area (Å²) in [6, 6.07) is 14.6. The quantitative estimate of drug-likeness (QED) is 0.372. The van der Waals surface area contributed by atoms with E-state index in [1.165, 1.54) is 6.92 Å². The third-order valence-electron chi connectivity index (χ3n) is 5.97. The summed E-state index contributed by atoms with van der Waals surface area (Å²) in [5.41, 5.74) is 1.64. The van der Waals surface area contributed by atoms with Crippen molar-refractivity contribution in [3.8, 4) is 11.5 Å². The van der Waals surface area contributed by atoms with E-state index in [4.69, 9.17) is 9.47 Å². The standard InChI is InChI=1S/C27H32N4O5/c1-17(28-26(33)21(18(2)32)12-8-11-19-9-6-5-7-10-19)25-27(34)29-24(30-31-25)16-20-13-14-22(35-3)23(15-20)36-4/h5-7,9-10,13-15,17,21H,8,11-12,16H2,1-4H3,(H,28,33)(H,29,30,34)/t17-,21+/m1/s1. The number of aromatic nitrogens is 3. The molecule has 190 valence electrons. The van der Waals surface area contributed by atoms with Crippen LogP contribution in [0.25, 0.3) is 0 Å². The third-order valence-corrected chi connectivity index (χ3v) is 5.97. The summed E-state index contributed by atoms with van der Waals surface area (Å²) >= 11 is 0. The van der Waals surface area contributed by atoms with E-state index < -0.39 is 23.4 Å². The van der Waals surface area contributed by atoms with Crippen LogP contribution in [0.3, 0.4) is 0 Å². The smallest absolute Gasteiger partial charge is 0.275 e. The molecule has 9 nitrogen and oxygen atoms in total. The molecule has 2 aromatic carbocycles. The minimum atomic E-state index is -0.785. The van der Waals surface area contributed by atoms with E-state index >= 15 is 0 Å². The molecule has 0 unspecified atom stereocenters. The van der Waals surface area contributed by atoms with Gasteiger partial charge in [-0.1, -0.05) is 36.4 Å². The Kier molecular flexibility index (Phi) is 9.32. The summed E-state index contributed by atoms with van der Waals surface area (Å²) in [6.45, 7) is 3.05. The second-order valence-electron chi connectivity index (χ2n) is 8.62. The van der Waals surface area contributed by atoms with Crippen molar-refractivity contribution in [2.75, 3.05) is 14.2 Å². The van der Waals surface area contributed by atoms with Crippen LogP contribution in [0.4, 0.5) is 0 Å². The van der Waals surface area contributed by atoms with Crippen LogP contribution in [0.1, 0.15) is 55.4 Å². The van der Waals surface area contributed by atoms with Gasteiger partial charge >= 0.3 is 0 Å². The van der Waals surface area contributed by atoms with Gasteiger partial charge in [-0.3, -0.25) is 14.4 Å². The molecule has 0 spiro atoms.